The Morgan fingerprint density at radius 2 is 2.24 bits per heavy atom. The quantitative estimate of drug-likeness (QED) is 0.340. The van der Waals surface area contributed by atoms with Crippen molar-refractivity contribution in [3.63, 3.8) is 0 Å². The molecule has 1 aliphatic heterocycles. The fourth-order valence-corrected chi connectivity index (χ4v) is 2.32. The fraction of sp³-hybridized carbons (Fsp3) is 0.818. The van der Waals surface area contributed by atoms with Crippen LogP contribution in [-0.4, -0.2) is 41.9 Å². The first-order valence-corrected chi connectivity index (χ1v) is 6.10. The summed E-state index contributed by atoms with van der Waals surface area (Å²) < 4.78 is 0. The van der Waals surface area contributed by atoms with Crippen LogP contribution in [-0.2, 0) is 9.59 Å². The minimum Gasteiger partial charge on any atom is -0.352 e. The Labute approximate surface area is 102 Å². The molecule has 4 N–H and O–H groups in total. The lowest BCUT2D eigenvalue weighted by Crippen LogP contribution is -2.49. The van der Waals surface area contributed by atoms with Gasteiger partial charge in [0.05, 0.1) is 6.04 Å². The molecule has 17 heavy (non-hydrogen) atoms. The molecule has 0 aromatic rings. The number of nitrogens with one attached hydrogen (secondary N) is 2. The predicted molar refractivity (Wildman–Crippen MR) is 64.8 cm³/mol. The first-order valence-electron chi connectivity index (χ1n) is 6.10. The molecule has 0 aromatic carbocycles. The third-order valence-electron chi connectivity index (χ3n) is 3.07. The van der Waals surface area contributed by atoms with E-state index in [0.29, 0.717) is 0 Å². The largest absolute Gasteiger partial charge is 0.352 e. The molecule has 6 nitrogen and oxygen atoms in total. The third kappa shape index (κ3) is 3.98. The highest BCUT2D eigenvalue weighted by molar-refractivity contribution is 5.81. The lowest BCUT2D eigenvalue weighted by molar-refractivity contribution is -0.126. The van der Waals surface area contributed by atoms with Gasteiger partial charge < -0.3 is 5.32 Å². The highest BCUT2D eigenvalue weighted by Crippen LogP contribution is 2.16. The topological polar surface area (TPSA) is 87.5 Å². The number of rotatable bonds is 5. The lowest BCUT2D eigenvalue weighted by atomic mass is 10.1. The van der Waals surface area contributed by atoms with Crippen LogP contribution in [0.15, 0.2) is 0 Å². The van der Waals surface area contributed by atoms with Crippen LogP contribution in [0, 0.1) is 0 Å². The highest BCUT2D eigenvalue weighted by atomic mass is 16.2. The molecule has 1 saturated heterocycles. The number of nitrogens with two attached hydrogens (primary N) is 1. The molecule has 1 heterocycles. The van der Waals surface area contributed by atoms with Gasteiger partial charge in [-0.15, -0.1) is 0 Å². The maximum Gasteiger partial charge on any atom is 0.251 e. The summed E-state index contributed by atoms with van der Waals surface area (Å²) in [6.45, 7) is 5.09. The monoisotopic (exact) mass is 242 g/mol. The van der Waals surface area contributed by atoms with Crippen molar-refractivity contribution in [2.24, 2.45) is 5.84 Å². The average Bonchev–Trinajstić information content (AvgIpc) is 2.72. The smallest absolute Gasteiger partial charge is 0.251 e. The van der Waals surface area contributed by atoms with E-state index < -0.39 is 0 Å². The lowest BCUT2D eigenvalue weighted by Gasteiger charge is -2.25. The second kappa shape index (κ2) is 6.56. The van der Waals surface area contributed by atoms with E-state index in [1.54, 1.807) is 0 Å². The van der Waals surface area contributed by atoms with E-state index >= 15 is 0 Å². The van der Waals surface area contributed by atoms with Gasteiger partial charge in [0.15, 0.2) is 0 Å². The summed E-state index contributed by atoms with van der Waals surface area (Å²) in [7, 11) is 0. The Hall–Kier alpha value is -1.14. The molecule has 0 radical (unpaired) electrons. The van der Waals surface area contributed by atoms with Crippen LogP contribution in [0.4, 0.5) is 0 Å². The number of hydrogen-bond donors (Lipinski definition) is 3. The molecule has 1 rings (SSSR count). The van der Waals surface area contributed by atoms with E-state index in [4.69, 9.17) is 5.84 Å². The normalized spacial score (nSPS) is 22.2. The van der Waals surface area contributed by atoms with E-state index in [1.165, 1.54) is 6.92 Å². The van der Waals surface area contributed by atoms with Gasteiger partial charge >= 0.3 is 0 Å². The summed E-state index contributed by atoms with van der Waals surface area (Å²) in [4.78, 5) is 24.7. The van der Waals surface area contributed by atoms with Gasteiger partial charge in [0.25, 0.3) is 5.91 Å². The van der Waals surface area contributed by atoms with Crippen molar-refractivity contribution in [2.45, 2.75) is 45.2 Å². The highest BCUT2D eigenvalue weighted by Gasteiger charge is 2.31. The second-order valence-electron chi connectivity index (χ2n) is 4.49. The van der Waals surface area contributed by atoms with E-state index in [0.717, 1.165) is 32.4 Å². The van der Waals surface area contributed by atoms with Crippen LogP contribution in [0.2, 0.25) is 0 Å². The summed E-state index contributed by atoms with van der Waals surface area (Å²) in [5.41, 5.74) is 2.21. The average molecular weight is 242 g/mol. The fourth-order valence-electron chi connectivity index (χ4n) is 2.32. The molecule has 2 amide bonds. The van der Waals surface area contributed by atoms with Gasteiger partial charge in [-0.3, -0.25) is 19.9 Å². The number of hydrogen-bond acceptors (Lipinski definition) is 4. The van der Waals surface area contributed by atoms with Crippen molar-refractivity contribution in [2.75, 3.05) is 13.1 Å². The van der Waals surface area contributed by atoms with Gasteiger partial charge in [0, 0.05) is 26.1 Å². The van der Waals surface area contributed by atoms with Crippen LogP contribution < -0.4 is 16.6 Å². The van der Waals surface area contributed by atoms with Crippen LogP contribution >= 0.6 is 0 Å². The van der Waals surface area contributed by atoms with E-state index in [9.17, 15) is 9.59 Å². The standard InChI is InChI=1S/C11H22N4O2/c1-3-4-10(11(17)14-12)15-6-5-9(7-15)13-8(2)16/h9-10H,3-7,12H2,1-2H3,(H,13,16)(H,14,17). The summed E-state index contributed by atoms with van der Waals surface area (Å²) >= 11 is 0. The Morgan fingerprint density at radius 3 is 2.76 bits per heavy atom. The summed E-state index contributed by atoms with van der Waals surface area (Å²) in [6.07, 6.45) is 2.60. The molecule has 2 unspecified atom stereocenters. The summed E-state index contributed by atoms with van der Waals surface area (Å²) in [5.74, 6) is 5.03. The minimum atomic E-state index is -0.177. The number of nitrogens with zero attached hydrogens (tertiary/aromatic N) is 1. The molecule has 1 fully saturated rings. The molecule has 1 aliphatic rings. The Bertz CT molecular complexity index is 283. The van der Waals surface area contributed by atoms with E-state index in [2.05, 4.69) is 15.6 Å². The molecule has 0 spiro atoms. The maximum absolute atomic E-state index is 11.7. The van der Waals surface area contributed by atoms with Crippen molar-refractivity contribution in [3.05, 3.63) is 0 Å². The minimum absolute atomic E-state index is 0.0211. The number of amides is 2. The number of hydrazine groups is 1. The zero-order valence-electron chi connectivity index (χ0n) is 10.5. The molecule has 2 atom stereocenters. The number of carbonyl (C=O) groups is 2. The van der Waals surface area contributed by atoms with E-state index in [-0.39, 0.29) is 23.9 Å². The second-order valence-corrected chi connectivity index (χ2v) is 4.49. The third-order valence-corrected chi connectivity index (χ3v) is 3.07. The van der Waals surface area contributed by atoms with Crippen molar-refractivity contribution < 1.29 is 9.59 Å². The van der Waals surface area contributed by atoms with E-state index in [1.807, 2.05) is 6.92 Å². The van der Waals surface area contributed by atoms with Crippen LogP contribution in [0.25, 0.3) is 0 Å². The first-order chi connectivity index (χ1) is 8.08. The van der Waals surface area contributed by atoms with Gasteiger partial charge in [-0.05, 0) is 12.8 Å². The summed E-state index contributed by atoms with van der Waals surface area (Å²) in [6, 6.07) is -0.0267. The maximum atomic E-state index is 11.7. The molecule has 0 aromatic heterocycles. The molecular weight excluding hydrogens is 220 g/mol. The Balaban J connectivity index is 2.53. The van der Waals surface area contributed by atoms with Crippen molar-refractivity contribution in [3.8, 4) is 0 Å². The molecule has 0 bridgehead atoms. The molecule has 98 valence electrons. The summed E-state index contributed by atoms with van der Waals surface area (Å²) in [5, 5.41) is 2.88. The predicted octanol–water partition coefficient (Wildman–Crippen LogP) is -0.645. The molecule has 0 aliphatic carbocycles. The van der Waals surface area contributed by atoms with Crippen molar-refractivity contribution >= 4 is 11.8 Å². The van der Waals surface area contributed by atoms with Gasteiger partial charge in [-0.2, -0.15) is 0 Å². The zero-order chi connectivity index (χ0) is 12.8. The van der Waals surface area contributed by atoms with Gasteiger partial charge in [0.2, 0.25) is 5.91 Å². The van der Waals surface area contributed by atoms with Crippen molar-refractivity contribution in [1.82, 2.24) is 15.6 Å². The van der Waals surface area contributed by atoms with Crippen LogP contribution in [0.5, 0.6) is 0 Å². The molecule has 0 saturated carbocycles. The zero-order valence-corrected chi connectivity index (χ0v) is 10.5. The van der Waals surface area contributed by atoms with Gasteiger partial charge in [-0.1, -0.05) is 13.3 Å². The molecular formula is C11H22N4O2. The van der Waals surface area contributed by atoms with Crippen LogP contribution in [0.3, 0.4) is 0 Å². The van der Waals surface area contributed by atoms with Gasteiger partial charge in [0.1, 0.15) is 0 Å². The molecule has 6 heteroatoms. The number of likely N-dealkylation sites (tertiary alicyclic amines) is 1. The Kier molecular flexibility index (Phi) is 5.37. The first kappa shape index (κ1) is 13.9. The van der Waals surface area contributed by atoms with Gasteiger partial charge in [-0.25, -0.2) is 5.84 Å². The SMILES string of the molecule is CCCC(C(=O)NN)N1CCC(NC(C)=O)C1. The van der Waals surface area contributed by atoms with Crippen LogP contribution in [0.1, 0.15) is 33.1 Å². The Morgan fingerprint density at radius 1 is 1.53 bits per heavy atom. The number of carbonyl (C=O) groups excluding carboxylic acids is 2. The van der Waals surface area contributed by atoms with Crippen molar-refractivity contribution in [1.29, 1.82) is 0 Å².